The number of aliphatic carboxylic acids is 1. The van der Waals surface area contributed by atoms with Crippen LogP contribution < -0.4 is 5.73 Å². The first kappa shape index (κ1) is 15.6. The van der Waals surface area contributed by atoms with Crippen molar-refractivity contribution in [2.24, 2.45) is 22.6 Å². The van der Waals surface area contributed by atoms with E-state index in [-0.39, 0.29) is 5.70 Å². The van der Waals surface area contributed by atoms with Crippen LogP contribution in [0.2, 0.25) is 0 Å². The molecule has 0 unspecified atom stereocenters. The second-order valence-electron chi connectivity index (χ2n) is 6.50. The topological polar surface area (TPSA) is 78.9 Å². The average molecular weight is 313 g/mol. The van der Waals surface area contributed by atoms with Gasteiger partial charge in [0.15, 0.2) is 0 Å². The molecule has 2 saturated carbocycles. The van der Waals surface area contributed by atoms with Crippen LogP contribution in [0.4, 0.5) is 5.69 Å². The van der Waals surface area contributed by atoms with Gasteiger partial charge in [-0.15, -0.1) is 0 Å². The third kappa shape index (κ3) is 4.84. The molecule has 0 amide bonds. The number of carboxylic acid groups (broad SMARTS) is 1. The maximum Gasteiger partial charge on any atom is 0.351 e. The summed E-state index contributed by atoms with van der Waals surface area (Å²) in [6.45, 7) is 1.87. The Labute approximate surface area is 136 Å². The Morgan fingerprint density at radius 3 is 2.22 bits per heavy atom. The van der Waals surface area contributed by atoms with Crippen LogP contribution in [-0.4, -0.2) is 34.9 Å². The van der Waals surface area contributed by atoms with E-state index in [0.29, 0.717) is 17.7 Å². The van der Waals surface area contributed by atoms with Gasteiger partial charge in [-0.3, -0.25) is 0 Å². The predicted octanol–water partition coefficient (Wildman–Crippen LogP) is 2.77. The molecule has 0 spiro atoms. The minimum atomic E-state index is -1.11. The Balaban J connectivity index is 1.88. The zero-order valence-corrected chi connectivity index (χ0v) is 13.2. The normalized spacial score (nSPS) is 18.8. The van der Waals surface area contributed by atoms with Crippen molar-refractivity contribution in [3.05, 3.63) is 42.1 Å². The third-order valence-corrected chi connectivity index (χ3v) is 4.21. The van der Waals surface area contributed by atoms with Crippen LogP contribution in [-0.2, 0) is 4.79 Å². The molecule has 2 fully saturated rings. The van der Waals surface area contributed by atoms with E-state index < -0.39 is 5.97 Å². The number of carbonyl (C=O) groups is 1. The first-order valence-electron chi connectivity index (χ1n) is 8.21. The Kier molecular flexibility index (Phi) is 4.65. The molecule has 0 aliphatic heterocycles. The highest BCUT2D eigenvalue weighted by Crippen LogP contribution is 2.34. The van der Waals surface area contributed by atoms with Crippen LogP contribution in [0.25, 0.3) is 0 Å². The van der Waals surface area contributed by atoms with Gasteiger partial charge in [-0.1, -0.05) is 18.2 Å². The second-order valence-corrected chi connectivity index (χ2v) is 6.50. The van der Waals surface area contributed by atoms with Gasteiger partial charge >= 0.3 is 5.97 Å². The number of para-hydroxylation sites is 1. The van der Waals surface area contributed by atoms with E-state index in [1.54, 1.807) is 0 Å². The van der Waals surface area contributed by atoms with E-state index in [1.165, 1.54) is 31.8 Å². The monoisotopic (exact) mass is 313 g/mol. The van der Waals surface area contributed by atoms with Gasteiger partial charge in [0, 0.05) is 19.2 Å². The standard InChI is InChI=1S/C18H23N3O2/c19-16(18(22)23)10-17(20-15-4-2-1-3-5-15)21(11-13-6-7-13)12-14-8-9-14/h1-5,10,13-14H,6-9,11-12,19H2,(H,22,23). The average Bonchev–Trinajstić information content (AvgIpc) is 3.42. The van der Waals surface area contributed by atoms with Crippen LogP contribution in [0.1, 0.15) is 25.7 Å². The number of hydrogen-bond acceptors (Lipinski definition) is 3. The van der Waals surface area contributed by atoms with Crippen molar-refractivity contribution in [1.82, 2.24) is 4.90 Å². The number of benzene rings is 1. The molecule has 3 N–H and O–H groups in total. The second kappa shape index (κ2) is 6.86. The van der Waals surface area contributed by atoms with Crippen molar-refractivity contribution < 1.29 is 9.90 Å². The Morgan fingerprint density at radius 2 is 1.74 bits per heavy atom. The summed E-state index contributed by atoms with van der Waals surface area (Å²) >= 11 is 0. The molecule has 5 nitrogen and oxygen atoms in total. The SMILES string of the molecule is NC(=CC(=Nc1ccccc1)N(CC1CC1)CC1CC1)C(=O)O. The van der Waals surface area contributed by atoms with Crippen molar-refractivity contribution in [3.8, 4) is 0 Å². The fourth-order valence-corrected chi connectivity index (χ4v) is 2.52. The van der Waals surface area contributed by atoms with Crippen molar-refractivity contribution in [2.75, 3.05) is 13.1 Å². The number of amidine groups is 1. The zero-order chi connectivity index (χ0) is 16.2. The van der Waals surface area contributed by atoms with Gasteiger partial charge in [-0.05, 0) is 49.7 Å². The molecule has 1 aromatic carbocycles. The molecule has 0 radical (unpaired) electrons. The molecule has 0 heterocycles. The lowest BCUT2D eigenvalue weighted by atomic mass is 10.2. The molecule has 122 valence electrons. The van der Waals surface area contributed by atoms with Gasteiger partial charge < -0.3 is 15.7 Å². The van der Waals surface area contributed by atoms with Gasteiger partial charge in [-0.2, -0.15) is 0 Å². The van der Waals surface area contributed by atoms with E-state index in [9.17, 15) is 4.79 Å². The first-order valence-corrected chi connectivity index (χ1v) is 8.21. The van der Waals surface area contributed by atoms with E-state index in [4.69, 9.17) is 10.8 Å². The fourth-order valence-electron chi connectivity index (χ4n) is 2.52. The van der Waals surface area contributed by atoms with Crippen molar-refractivity contribution >= 4 is 17.5 Å². The van der Waals surface area contributed by atoms with E-state index in [0.717, 1.165) is 18.8 Å². The summed E-state index contributed by atoms with van der Waals surface area (Å²) in [5, 5.41) is 9.10. The molecule has 2 aliphatic rings. The summed E-state index contributed by atoms with van der Waals surface area (Å²) in [7, 11) is 0. The summed E-state index contributed by atoms with van der Waals surface area (Å²) in [5.74, 6) is 0.960. The molecule has 0 bridgehead atoms. The van der Waals surface area contributed by atoms with Crippen LogP contribution >= 0.6 is 0 Å². The van der Waals surface area contributed by atoms with Crippen LogP contribution in [0.3, 0.4) is 0 Å². The largest absolute Gasteiger partial charge is 0.477 e. The van der Waals surface area contributed by atoms with Crippen molar-refractivity contribution in [2.45, 2.75) is 25.7 Å². The van der Waals surface area contributed by atoms with Gasteiger partial charge in [-0.25, -0.2) is 9.79 Å². The fraction of sp³-hybridized carbons (Fsp3) is 0.444. The number of rotatable bonds is 7. The summed E-state index contributed by atoms with van der Waals surface area (Å²) < 4.78 is 0. The van der Waals surface area contributed by atoms with Crippen molar-refractivity contribution in [1.29, 1.82) is 0 Å². The molecule has 5 heteroatoms. The lowest BCUT2D eigenvalue weighted by Gasteiger charge is -2.25. The number of carboxylic acids is 1. The van der Waals surface area contributed by atoms with Crippen LogP contribution in [0.15, 0.2) is 47.1 Å². The molecule has 2 aliphatic carbocycles. The minimum absolute atomic E-state index is 0.170. The quantitative estimate of drug-likeness (QED) is 0.461. The molecule has 0 saturated heterocycles. The summed E-state index contributed by atoms with van der Waals surface area (Å²) in [5.41, 5.74) is 6.30. The Hall–Kier alpha value is -2.30. The molecule has 0 atom stereocenters. The molecule has 3 rings (SSSR count). The van der Waals surface area contributed by atoms with Crippen LogP contribution in [0, 0.1) is 11.8 Å². The molecular formula is C18H23N3O2. The molecule has 23 heavy (non-hydrogen) atoms. The van der Waals surface area contributed by atoms with Crippen molar-refractivity contribution in [3.63, 3.8) is 0 Å². The maximum atomic E-state index is 11.1. The number of aliphatic imine (C=N–C) groups is 1. The summed E-state index contributed by atoms with van der Waals surface area (Å²) in [6, 6.07) is 9.61. The van der Waals surface area contributed by atoms with Gasteiger partial charge in [0.05, 0.1) is 5.69 Å². The lowest BCUT2D eigenvalue weighted by Crippen LogP contribution is -2.34. The Bertz CT molecular complexity index is 602. The number of nitrogens with two attached hydrogens (primary N) is 1. The lowest BCUT2D eigenvalue weighted by molar-refractivity contribution is -0.132. The van der Waals surface area contributed by atoms with E-state index >= 15 is 0 Å². The first-order chi connectivity index (χ1) is 11.1. The van der Waals surface area contributed by atoms with Gasteiger partial charge in [0.25, 0.3) is 0 Å². The summed E-state index contributed by atoms with van der Waals surface area (Å²) in [4.78, 5) is 18.0. The van der Waals surface area contributed by atoms with Crippen LogP contribution in [0.5, 0.6) is 0 Å². The molecule has 1 aromatic rings. The molecule has 0 aromatic heterocycles. The highest BCUT2D eigenvalue weighted by molar-refractivity contribution is 6.01. The van der Waals surface area contributed by atoms with E-state index in [2.05, 4.69) is 9.89 Å². The predicted molar refractivity (Wildman–Crippen MR) is 90.5 cm³/mol. The highest BCUT2D eigenvalue weighted by atomic mass is 16.4. The summed E-state index contributed by atoms with van der Waals surface area (Å²) in [6.07, 6.45) is 6.49. The van der Waals surface area contributed by atoms with E-state index in [1.807, 2.05) is 30.3 Å². The third-order valence-electron chi connectivity index (χ3n) is 4.21. The van der Waals surface area contributed by atoms with Gasteiger partial charge in [0.1, 0.15) is 11.5 Å². The minimum Gasteiger partial charge on any atom is -0.477 e. The molecular weight excluding hydrogens is 290 g/mol. The zero-order valence-electron chi connectivity index (χ0n) is 13.2. The van der Waals surface area contributed by atoms with Gasteiger partial charge in [0.2, 0.25) is 0 Å². The highest BCUT2D eigenvalue weighted by Gasteiger charge is 2.30. The number of hydrogen-bond donors (Lipinski definition) is 2. The maximum absolute atomic E-state index is 11.1. The smallest absolute Gasteiger partial charge is 0.351 e. The Morgan fingerprint density at radius 1 is 1.17 bits per heavy atom. The number of nitrogens with zero attached hydrogens (tertiary/aromatic N) is 2.